The molecule has 0 unspecified atom stereocenters. The molecule has 1 saturated heterocycles. The molecule has 1 aliphatic rings. The Morgan fingerprint density at radius 3 is 2.88 bits per heavy atom. The van der Waals surface area contributed by atoms with Crippen LogP contribution in [0.3, 0.4) is 0 Å². The molecule has 0 saturated carbocycles. The lowest BCUT2D eigenvalue weighted by atomic mass is 10.1. The Bertz CT molecular complexity index is 434. The number of ether oxygens (including phenoxy) is 1. The highest BCUT2D eigenvalue weighted by molar-refractivity contribution is 6.30. The number of anilines is 1. The van der Waals surface area contributed by atoms with E-state index in [-0.39, 0.29) is 11.6 Å². The molecule has 0 aliphatic carbocycles. The minimum atomic E-state index is -0.275. The molecule has 1 aliphatic heterocycles. The lowest BCUT2D eigenvalue weighted by Gasteiger charge is -2.29. The topological polar surface area (TPSA) is 41.6 Å². The van der Waals surface area contributed by atoms with Crippen LogP contribution in [0, 0.1) is 0 Å². The number of benzene rings is 1. The van der Waals surface area contributed by atoms with Crippen LogP contribution in [0.2, 0.25) is 5.02 Å². The van der Waals surface area contributed by atoms with Crippen LogP contribution < -0.4 is 5.32 Å². The molecule has 17 heavy (non-hydrogen) atoms. The number of urea groups is 1. The number of rotatable bonds is 1. The predicted octanol–water partition coefficient (Wildman–Crippen LogP) is 2.94. The number of nitrogens with one attached hydrogen (secondary N) is 1. The Balaban J connectivity index is 2.07. The number of amides is 2. The standard InChI is InChI=1S/C12H15ClN2O2/c1-12(2)7-17-8-15(12)11(16)14-10-5-3-4-9(13)6-10/h3-6H,7-8H2,1-2H3,(H,14,16). The minimum absolute atomic E-state index is 0.172. The summed E-state index contributed by atoms with van der Waals surface area (Å²) in [5, 5.41) is 3.40. The van der Waals surface area contributed by atoms with E-state index in [9.17, 15) is 4.79 Å². The van der Waals surface area contributed by atoms with E-state index in [0.29, 0.717) is 24.0 Å². The fourth-order valence-electron chi connectivity index (χ4n) is 1.73. The van der Waals surface area contributed by atoms with Crippen molar-refractivity contribution in [3.05, 3.63) is 29.3 Å². The summed E-state index contributed by atoms with van der Waals surface area (Å²) in [6.45, 7) is 4.81. The molecule has 2 amide bonds. The minimum Gasteiger partial charge on any atom is -0.359 e. The van der Waals surface area contributed by atoms with E-state index in [0.717, 1.165) is 0 Å². The summed E-state index contributed by atoms with van der Waals surface area (Å²) >= 11 is 5.85. The van der Waals surface area contributed by atoms with Gasteiger partial charge in [0.15, 0.2) is 0 Å². The normalized spacial score (nSPS) is 18.2. The van der Waals surface area contributed by atoms with Gasteiger partial charge in [-0.1, -0.05) is 17.7 Å². The molecule has 0 aromatic heterocycles. The van der Waals surface area contributed by atoms with Crippen molar-refractivity contribution in [2.24, 2.45) is 0 Å². The highest BCUT2D eigenvalue weighted by atomic mass is 35.5. The third kappa shape index (κ3) is 2.70. The second-order valence-electron chi connectivity index (χ2n) is 4.66. The van der Waals surface area contributed by atoms with Crippen LogP contribution in [0.25, 0.3) is 0 Å². The number of hydrogen-bond donors (Lipinski definition) is 1. The average molecular weight is 255 g/mol. The first kappa shape index (κ1) is 12.2. The SMILES string of the molecule is CC1(C)COCN1C(=O)Nc1cccc(Cl)c1. The van der Waals surface area contributed by atoms with E-state index in [1.54, 1.807) is 29.2 Å². The summed E-state index contributed by atoms with van der Waals surface area (Å²) in [4.78, 5) is 13.7. The van der Waals surface area contributed by atoms with Gasteiger partial charge in [0.2, 0.25) is 0 Å². The second kappa shape index (κ2) is 4.55. The van der Waals surface area contributed by atoms with E-state index < -0.39 is 0 Å². The van der Waals surface area contributed by atoms with Gasteiger partial charge < -0.3 is 10.1 Å². The summed E-state index contributed by atoms with van der Waals surface area (Å²) in [6, 6.07) is 6.90. The van der Waals surface area contributed by atoms with Gasteiger partial charge in [0, 0.05) is 10.7 Å². The van der Waals surface area contributed by atoms with Crippen molar-refractivity contribution in [3.63, 3.8) is 0 Å². The van der Waals surface area contributed by atoms with Crippen LogP contribution >= 0.6 is 11.6 Å². The molecule has 2 rings (SSSR count). The van der Waals surface area contributed by atoms with Gasteiger partial charge in [-0.05, 0) is 32.0 Å². The molecule has 5 heteroatoms. The largest absolute Gasteiger partial charge is 0.359 e. The number of carbonyl (C=O) groups excluding carboxylic acids is 1. The molecule has 0 bridgehead atoms. The molecule has 1 fully saturated rings. The van der Waals surface area contributed by atoms with Gasteiger partial charge in [-0.15, -0.1) is 0 Å². The maximum Gasteiger partial charge on any atom is 0.324 e. The molecule has 0 radical (unpaired) electrons. The predicted molar refractivity (Wildman–Crippen MR) is 67.2 cm³/mol. The third-order valence-corrected chi connectivity index (χ3v) is 2.96. The van der Waals surface area contributed by atoms with E-state index in [1.807, 2.05) is 13.8 Å². The van der Waals surface area contributed by atoms with Gasteiger partial charge in [0.1, 0.15) is 6.73 Å². The third-order valence-electron chi connectivity index (χ3n) is 2.73. The molecule has 4 nitrogen and oxygen atoms in total. The zero-order chi connectivity index (χ0) is 12.5. The Labute approximate surface area is 106 Å². The summed E-state index contributed by atoms with van der Waals surface area (Å²) in [6.07, 6.45) is 0. The number of nitrogens with zero attached hydrogens (tertiary/aromatic N) is 1. The quantitative estimate of drug-likeness (QED) is 0.837. The van der Waals surface area contributed by atoms with Crippen LogP contribution in [0.1, 0.15) is 13.8 Å². The lowest BCUT2D eigenvalue weighted by molar-refractivity contribution is 0.147. The maximum atomic E-state index is 12.0. The fourth-order valence-corrected chi connectivity index (χ4v) is 1.92. The van der Waals surface area contributed by atoms with Crippen LogP contribution in [-0.4, -0.2) is 29.8 Å². The maximum absolute atomic E-state index is 12.0. The van der Waals surface area contributed by atoms with Crippen molar-refractivity contribution in [3.8, 4) is 0 Å². The molecular formula is C12H15ClN2O2. The molecule has 92 valence electrons. The first-order chi connectivity index (χ1) is 7.99. The zero-order valence-electron chi connectivity index (χ0n) is 9.87. The van der Waals surface area contributed by atoms with Crippen molar-refractivity contribution < 1.29 is 9.53 Å². The van der Waals surface area contributed by atoms with Crippen molar-refractivity contribution >= 4 is 23.3 Å². The Hall–Kier alpha value is -1.26. The molecule has 0 spiro atoms. The average Bonchev–Trinajstić information content (AvgIpc) is 2.58. The Kier molecular flexibility index (Phi) is 3.26. The van der Waals surface area contributed by atoms with Gasteiger partial charge >= 0.3 is 6.03 Å². The van der Waals surface area contributed by atoms with E-state index >= 15 is 0 Å². The van der Waals surface area contributed by atoms with Crippen molar-refractivity contribution in [2.45, 2.75) is 19.4 Å². The second-order valence-corrected chi connectivity index (χ2v) is 5.09. The Morgan fingerprint density at radius 2 is 2.29 bits per heavy atom. The summed E-state index contributed by atoms with van der Waals surface area (Å²) in [7, 11) is 0. The van der Waals surface area contributed by atoms with Gasteiger partial charge in [0.25, 0.3) is 0 Å². The summed E-state index contributed by atoms with van der Waals surface area (Å²) in [5.74, 6) is 0. The molecule has 1 N–H and O–H groups in total. The highest BCUT2D eigenvalue weighted by Gasteiger charge is 2.36. The van der Waals surface area contributed by atoms with Crippen molar-refractivity contribution in [1.29, 1.82) is 0 Å². The molecule has 1 heterocycles. The zero-order valence-corrected chi connectivity index (χ0v) is 10.6. The van der Waals surface area contributed by atoms with Gasteiger partial charge in [-0.25, -0.2) is 4.79 Å². The van der Waals surface area contributed by atoms with E-state index in [1.165, 1.54) is 0 Å². The van der Waals surface area contributed by atoms with Crippen LogP contribution in [0.15, 0.2) is 24.3 Å². The smallest absolute Gasteiger partial charge is 0.324 e. The van der Waals surface area contributed by atoms with Crippen molar-refractivity contribution in [2.75, 3.05) is 18.7 Å². The number of carbonyl (C=O) groups is 1. The summed E-state index contributed by atoms with van der Waals surface area (Å²) < 4.78 is 5.29. The van der Waals surface area contributed by atoms with Crippen LogP contribution in [-0.2, 0) is 4.74 Å². The Morgan fingerprint density at radius 1 is 1.53 bits per heavy atom. The fraction of sp³-hybridized carbons (Fsp3) is 0.417. The lowest BCUT2D eigenvalue weighted by Crippen LogP contribution is -2.46. The van der Waals surface area contributed by atoms with Crippen LogP contribution in [0.5, 0.6) is 0 Å². The first-order valence-electron chi connectivity index (χ1n) is 5.41. The van der Waals surface area contributed by atoms with E-state index in [2.05, 4.69) is 5.32 Å². The summed E-state index contributed by atoms with van der Waals surface area (Å²) in [5.41, 5.74) is 0.410. The monoisotopic (exact) mass is 254 g/mol. The number of halogens is 1. The molecule has 0 atom stereocenters. The van der Waals surface area contributed by atoms with Gasteiger partial charge in [-0.3, -0.25) is 4.90 Å². The van der Waals surface area contributed by atoms with Crippen molar-refractivity contribution in [1.82, 2.24) is 4.90 Å². The molecule has 1 aromatic rings. The van der Waals surface area contributed by atoms with E-state index in [4.69, 9.17) is 16.3 Å². The molecular weight excluding hydrogens is 240 g/mol. The first-order valence-corrected chi connectivity index (χ1v) is 5.79. The van der Waals surface area contributed by atoms with Gasteiger partial charge in [-0.2, -0.15) is 0 Å². The van der Waals surface area contributed by atoms with Gasteiger partial charge in [0.05, 0.1) is 12.1 Å². The number of hydrogen-bond acceptors (Lipinski definition) is 2. The highest BCUT2D eigenvalue weighted by Crippen LogP contribution is 2.23. The van der Waals surface area contributed by atoms with Crippen LogP contribution in [0.4, 0.5) is 10.5 Å². The molecule has 1 aromatic carbocycles.